The summed E-state index contributed by atoms with van der Waals surface area (Å²) in [4.78, 5) is 15.3. The molecule has 1 unspecified atom stereocenters. The number of rotatable bonds is 3. The lowest BCUT2D eigenvalue weighted by molar-refractivity contribution is 0.00706. The van der Waals surface area contributed by atoms with Crippen molar-refractivity contribution in [2.45, 2.75) is 31.9 Å². The van der Waals surface area contributed by atoms with Gasteiger partial charge >= 0.3 is 5.97 Å². The van der Waals surface area contributed by atoms with Crippen LogP contribution >= 0.6 is 0 Å². The van der Waals surface area contributed by atoms with E-state index in [1.54, 1.807) is 24.5 Å². The minimum Gasteiger partial charge on any atom is -0.478 e. The van der Waals surface area contributed by atoms with Gasteiger partial charge in [-0.15, -0.1) is 0 Å². The zero-order valence-electron chi connectivity index (χ0n) is 10.8. The molecule has 19 heavy (non-hydrogen) atoms. The van der Waals surface area contributed by atoms with Crippen molar-refractivity contribution in [1.82, 2.24) is 9.55 Å². The lowest BCUT2D eigenvalue weighted by Crippen LogP contribution is -2.29. The third-order valence-electron chi connectivity index (χ3n) is 3.67. The number of hydrogen-bond acceptors (Lipinski definition) is 3. The van der Waals surface area contributed by atoms with Crippen LogP contribution in [0.3, 0.4) is 0 Å². The average molecular weight is 260 g/mol. The first-order valence-corrected chi connectivity index (χ1v) is 6.40. The SMILES string of the molecule is CC1(Cn2cnc3ccc(C(=O)O)cc32)CCCO1. The summed E-state index contributed by atoms with van der Waals surface area (Å²) in [6, 6.07) is 4.99. The maximum absolute atomic E-state index is 11.0. The van der Waals surface area contributed by atoms with Gasteiger partial charge in [0, 0.05) is 6.61 Å². The highest BCUT2D eigenvalue weighted by atomic mass is 16.5. The molecule has 0 radical (unpaired) electrons. The molecule has 5 heteroatoms. The molecule has 1 atom stereocenters. The van der Waals surface area contributed by atoms with Crippen molar-refractivity contribution in [3.8, 4) is 0 Å². The molecule has 1 aliphatic heterocycles. The fraction of sp³-hybridized carbons (Fsp3) is 0.429. The Morgan fingerprint density at radius 1 is 1.58 bits per heavy atom. The summed E-state index contributed by atoms with van der Waals surface area (Å²) in [5.41, 5.74) is 1.77. The van der Waals surface area contributed by atoms with Gasteiger partial charge in [-0.25, -0.2) is 9.78 Å². The molecule has 2 aromatic rings. The molecule has 100 valence electrons. The molecule has 3 rings (SSSR count). The molecule has 1 aliphatic rings. The molecule has 5 nitrogen and oxygen atoms in total. The van der Waals surface area contributed by atoms with Crippen LogP contribution in [0.1, 0.15) is 30.1 Å². The second-order valence-corrected chi connectivity index (χ2v) is 5.28. The van der Waals surface area contributed by atoms with Gasteiger partial charge in [-0.1, -0.05) is 0 Å². The van der Waals surface area contributed by atoms with Crippen LogP contribution in [-0.4, -0.2) is 32.8 Å². The highest BCUT2D eigenvalue weighted by Gasteiger charge is 2.30. The first-order valence-electron chi connectivity index (χ1n) is 6.40. The molecular formula is C14H16N2O3. The quantitative estimate of drug-likeness (QED) is 0.919. The van der Waals surface area contributed by atoms with E-state index in [-0.39, 0.29) is 11.2 Å². The number of aromatic nitrogens is 2. The number of ether oxygens (including phenoxy) is 1. The van der Waals surface area contributed by atoms with Crippen molar-refractivity contribution in [3.63, 3.8) is 0 Å². The smallest absolute Gasteiger partial charge is 0.335 e. The van der Waals surface area contributed by atoms with E-state index in [4.69, 9.17) is 9.84 Å². The Kier molecular flexibility index (Phi) is 2.78. The number of imidazole rings is 1. The Bertz CT molecular complexity index is 627. The summed E-state index contributed by atoms with van der Waals surface area (Å²) in [7, 11) is 0. The number of benzene rings is 1. The summed E-state index contributed by atoms with van der Waals surface area (Å²) in [5.74, 6) is -0.919. The van der Waals surface area contributed by atoms with Gasteiger partial charge in [0.2, 0.25) is 0 Å². The molecule has 1 aromatic heterocycles. The lowest BCUT2D eigenvalue weighted by Gasteiger charge is -2.23. The van der Waals surface area contributed by atoms with Crippen LogP contribution in [0, 0.1) is 0 Å². The van der Waals surface area contributed by atoms with Crippen molar-refractivity contribution in [2.24, 2.45) is 0 Å². The van der Waals surface area contributed by atoms with Gasteiger partial charge < -0.3 is 14.4 Å². The molecule has 1 N–H and O–H groups in total. The molecule has 1 saturated heterocycles. The van der Waals surface area contributed by atoms with Crippen molar-refractivity contribution in [2.75, 3.05) is 6.61 Å². The monoisotopic (exact) mass is 260 g/mol. The first kappa shape index (κ1) is 12.2. The number of aromatic carboxylic acids is 1. The Hall–Kier alpha value is -1.88. The molecule has 0 spiro atoms. The van der Waals surface area contributed by atoms with E-state index in [9.17, 15) is 4.79 Å². The topological polar surface area (TPSA) is 64.4 Å². The van der Waals surface area contributed by atoms with Crippen LogP contribution in [0.5, 0.6) is 0 Å². The van der Waals surface area contributed by atoms with Crippen LogP contribution < -0.4 is 0 Å². The second-order valence-electron chi connectivity index (χ2n) is 5.28. The van der Waals surface area contributed by atoms with Gasteiger partial charge in [0.15, 0.2) is 0 Å². The van der Waals surface area contributed by atoms with E-state index >= 15 is 0 Å². The predicted octanol–water partition coefficient (Wildman–Crippen LogP) is 2.30. The third kappa shape index (κ3) is 2.21. The largest absolute Gasteiger partial charge is 0.478 e. The van der Waals surface area contributed by atoms with E-state index in [1.165, 1.54) is 0 Å². The average Bonchev–Trinajstić information content (AvgIpc) is 2.97. The maximum Gasteiger partial charge on any atom is 0.335 e. The Morgan fingerprint density at radius 2 is 2.42 bits per heavy atom. The van der Waals surface area contributed by atoms with Gasteiger partial charge in [0.05, 0.1) is 35.1 Å². The highest BCUT2D eigenvalue weighted by Crippen LogP contribution is 2.28. The molecule has 0 aliphatic carbocycles. The summed E-state index contributed by atoms with van der Waals surface area (Å²) in [6.45, 7) is 3.59. The number of nitrogens with zero attached hydrogens (tertiary/aromatic N) is 2. The molecule has 1 aromatic carbocycles. The molecule has 0 amide bonds. The van der Waals surface area contributed by atoms with Gasteiger partial charge in [-0.05, 0) is 38.0 Å². The number of carbonyl (C=O) groups is 1. The molecule has 0 bridgehead atoms. The van der Waals surface area contributed by atoms with Gasteiger partial charge in [-0.2, -0.15) is 0 Å². The zero-order chi connectivity index (χ0) is 13.5. The van der Waals surface area contributed by atoms with E-state index in [2.05, 4.69) is 11.9 Å². The van der Waals surface area contributed by atoms with E-state index in [0.29, 0.717) is 6.54 Å². The van der Waals surface area contributed by atoms with Crippen molar-refractivity contribution >= 4 is 17.0 Å². The fourth-order valence-electron chi connectivity index (χ4n) is 2.64. The summed E-state index contributed by atoms with van der Waals surface area (Å²) in [6.07, 6.45) is 3.85. The van der Waals surface area contributed by atoms with Gasteiger partial charge in [0.25, 0.3) is 0 Å². The lowest BCUT2D eigenvalue weighted by atomic mass is 10.0. The predicted molar refractivity (Wildman–Crippen MR) is 70.3 cm³/mol. The number of carboxylic acids is 1. The highest BCUT2D eigenvalue weighted by molar-refractivity contribution is 5.92. The summed E-state index contributed by atoms with van der Waals surface area (Å²) >= 11 is 0. The Labute approximate surface area is 110 Å². The second kappa shape index (κ2) is 4.35. The van der Waals surface area contributed by atoms with Gasteiger partial charge in [0.1, 0.15) is 0 Å². The van der Waals surface area contributed by atoms with Crippen LogP contribution in [0.15, 0.2) is 24.5 Å². The number of carboxylic acid groups (broad SMARTS) is 1. The molecule has 2 heterocycles. The van der Waals surface area contributed by atoms with Crippen molar-refractivity contribution in [1.29, 1.82) is 0 Å². The minimum atomic E-state index is -0.919. The maximum atomic E-state index is 11.0. The zero-order valence-corrected chi connectivity index (χ0v) is 10.8. The minimum absolute atomic E-state index is 0.174. The van der Waals surface area contributed by atoms with Crippen LogP contribution in [0.25, 0.3) is 11.0 Å². The number of hydrogen-bond donors (Lipinski definition) is 1. The van der Waals surface area contributed by atoms with Crippen molar-refractivity contribution in [3.05, 3.63) is 30.1 Å². The fourth-order valence-corrected chi connectivity index (χ4v) is 2.64. The molecule has 1 fully saturated rings. The van der Waals surface area contributed by atoms with Crippen LogP contribution in [0.2, 0.25) is 0 Å². The summed E-state index contributed by atoms with van der Waals surface area (Å²) < 4.78 is 7.75. The Balaban J connectivity index is 1.99. The first-order chi connectivity index (χ1) is 9.07. The molecular weight excluding hydrogens is 244 g/mol. The standard InChI is InChI=1S/C14H16N2O3/c1-14(5-2-6-19-14)8-16-9-15-11-4-3-10(13(17)18)7-12(11)16/h3-4,7,9H,2,5-6,8H2,1H3,(H,17,18). The third-order valence-corrected chi connectivity index (χ3v) is 3.67. The van der Waals surface area contributed by atoms with Crippen LogP contribution in [0.4, 0.5) is 0 Å². The van der Waals surface area contributed by atoms with Crippen LogP contribution in [-0.2, 0) is 11.3 Å². The van der Waals surface area contributed by atoms with E-state index in [1.807, 2.05) is 4.57 Å². The Morgan fingerprint density at radius 3 is 3.11 bits per heavy atom. The number of fused-ring (bicyclic) bond motifs is 1. The van der Waals surface area contributed by atoms with E-state index in [0.717, 1.165) is 30.5 Å². The molecule has 0 saturated carbocycles. The van der Waals surface area contributed by atoms with Crippen molar-refractivity contribution < 1.29 is 14.6 Å². The van der Waals surface area contributed by atoms with E-state index < -0.39 is 5.97 Å². The van der Waals surface area contributed by atoms with Gasteiger partial charge in [-0.3, -0.25) is 0 Å². The summed E-state index contributed by atoms with van der Waals surface area (Å²) in [5, 5.41) is 9.05. The normalized spacial score (nSPS) is 23.0.